The maximum Gasteiger partial charge on any atom is 0.147 e. The molecule has 0 atom stereocenters. The first-order valence-electron chi connectivity index (χ1n) is 5.53. The molecule has 0 spiro atoms. The molecule has 92 valence electrons. The molecule has 0 fully saturated rings. The Hall–Kier alpha value is -1.24. The van der Waals surface area contributed by atoms with Crippen LogP contribution in [0.25, 0.3) is 10.2 Å². The Morgan fingerprint density at radius 2 is 2.29 bits per heavy atom. The molecule has 0 aliphatic rings. The maximum atomic E-state index is 5.33. The van der Waals surface area contributed by atoms with E-state index in [1.807, 2.05) is 0 Å². The van der Waals surface area contributed by atoms with E-state index in [1.54, 1.807) is 17.7 Å². The number of rotatable bonds is 6. The van der Waals surface area contributed by atoms with Crippen LogP contribution in [0.5, 0.6) is 0 Å². The molecule has 0 aromatic carbocycles. The topological polar surface area (TPSA) is 73.1 Å². The van der Waals surface area contributed by atoms with Gasteiger partial charge < -0.3 is 15.8 Å². The van der Waals surface area contributed by atoms with Crippen molar-refractivity contribution in [1.29, 1.82) is 0 Å². The maximum absolute atomic E-state index is 5.33. The number of nitrogens with zero attached hydrogens (tertiary/aromatic N) is 2. The molecule has 0 amide bonds. The van der Waals surface area contributed by atoms with Crippen LogP contribution in [-0.2, 0) is 4.74 Å². The van der Waals surface area contributed by atoms with Crippen molar-refractivity contribution in [3.8, 4) is 0 Å². The highest BCUT2D eigenvalue weighted by molar-refractivity contribution is 7.18. The van der Waals surface area contributed by atoms with E-state index < -0.39 is 0 Å². The lowest BCUT2D eigenvalue weighted by atomic mass is 10.3. The van der Waals surface area contributed by atoms with Crippen molar-refractivity contribution in [1.82, 2.24) is 9.97 Å². The predicted molar refractivity (Wildman–Crippen MR) is 70.5 cm³/mol. The summed E-state index contributed by atoms with van der Waals surface area (Å²) in [6.07, 6.45) is 1.59. The van der Waals surface area contributed by atoms with Gasteiger partial charge >= 0.3 is 0 Å². The molecule has 6 heteroatoms. The van der Waals surface area contributed by atoms with Crippen molar-refractivity contribution in [2.45, 2.75) is 6.92 Å². The Bertz CT molecular complexity index is 485. The van der Waals surface area contributed by atoms with E-state index in [4.69, 9.17) is 10.5 Å². The number of aryl methyl sites for hydroxylation is 1. The lowest BCUT2D eigenvalue weighted by Crippen LogP contribution is -2.14. The summed E-state index contributed by atoms with van der Waals surface area (Å²) in [4.78, 5) is 8.52. The first kappa shape index (κ1) is 12.2. The van der Waals surface area contributed by atoms with Crippen molar-refractivity contribution >= 4 is 27.4 Å². The second kappa shape index (κ2) is 5.90. The monoisotopic (exact) mass is 252 g/mol. The zero-order chi connectivity index (χ0) is 12.1. The summed E-state index contributed by atoms with van der Waals surface area (Å²) >= 11 is 1.66. The van der Waals surface area contributed by atoms with Gasteiger partial charge in [-0.1, -0.05) is 0 Å². The largest absolute Gasteiger partial charge is 0.378 e. The van der Waals surface area contributed by atoms with Gasteiger partial charge in [-0.25, -0.2) is 9.97 Å². The molecule has 2 aromatic rings. The Kier molecular flexibility index (Phi) is 4.24. The lowest BCUT2D eigenvalue weighted by Gasteiger charge is -2.06. The number of nitrogens with two attached hydrogens (primary N) is 1. The molecule has 0 bridgehead atoms. The SMILES string of the molecule is Cc1csc2c(NCCOCCN)ncnc12. The Morgan fingerprint density at radius 1 is 1.41 bits per heavy atom. The molecule has 0 aliphatic heterocycles. The van der Waals surface area contributed by atoms with E-state index in [0.717, 1.165) is 22.6 Å². The summed E-state index contributed by atoms with van der Waals surface area (Å²) in [5.74, 6) is 0.879. The molecular weight excluding hydrogens is 236 g/mol. The zero-order valence-corrected chi connectivity index (χ0v) is 10.6. The molecule has 0 aliphatic carbocycles. The van der Waals surface area contributed by atoms with E-state index in [-0.39, 0.29) is 0 Å². The summed E-state index contributed by atoms with van der Waals surface area (Å²) < 4.78 is 6.40. The van der Waals surface area contributed by atoms with Gasteiger partial charge in [0.2, 0.25) is 0 Å². The smallest absolute Gasteiger partial charge is 0.147 e. The number of nitrogens with one attached hydrogen (secondary N) is 1. The van der Waals surface area contributed by atoms with Crippen LogP contribution in [0.3, 0.4) is 0 Å². The van der Waals surface area contributed by atoms with E-state index in [0.29, 0.717) is 19.8 Å². The molecule has 2 aromatic heterocycles. The van der Waals surface area contributed by atoms with Crippen molar-refractivity contribution in [3.63, 3.8) is 0 Å². The number of aromatic nitrogens is 2. The minimum Gasteiger partial charge on any atom is -0.378 e. The molecule has 0 saturated carbocycles. The standard InChI is InChI=1S/C11H16N4OS/c1-8-6-17-10-9(8)14-7-15-11(10)13-3-5-16-4-2-12/h6-7H,2-5,12H2,1H3,(H,13,14,15). The summed E-state index contributed by atoms with van der Waals surface area (Å²) in [6, 6.07) is 0. The number of hydrogen-bond acceptors (Lipinski definition) is 6. The minimum absolute atomic E-state index is 0.557. The second-order valence-electron chi connectivity index (χ2n) is 3.65. The molecule has 3 N–H and O–H groups in total. The Morgan fingerprint density at radius 3 is 3.12 bits per heavy atom. The van der Waals surface area contributed by atoms with Crippen LogP contribution in [0, 0.1) is 6.92 Å². The van der Waals surface area contributed by atoms with Crippen molar-refractivity contribution in [2.24, 2.45) is 5.73 Å². The third kappa shape index (κ3) is 2.91. The molecule has 2 heterocycles. The van der Waals surface area contributed by atoms with Crippen LogP contribution < -0.4 is 11.1 Å². The van der Waals surface area contributed by atoms with E-state index in [1.165, 1.54) is 5.56 Å². The van der Waals surface area contributed by atoms with Crippen LogP contribution >= 0.6 is 11.3 Å². The summed E-state index contributed by atoms with van der Waals surface area (Å²) in [5, 5.41) is 5.35. The highest BCUT2D eigenvalue weighted by Crippen LogP contribution is 2.28. The van der Waals surface area contributed by atoms with Gasteiger partial charge in [0.25, 0.3) is 0 Å². The normalized spacial score (nSPS) is 10.9. The summed E-state index contributed by atoms with van der Waals surface area (Å²) in [6.45, 7) is 4.57. The van der Waals surface area contributed by atoms with E-state index in [2.05, 4.69) is 27.6 Å². The van der Waals surface area contributed by atoms with Crippen molar-refractivity contribution < 1.29 is 4.74 Å². The van der Waals surface area contributed by atoms with Crippen LogP contribution in [0.4, 0.5) is 5.82 Å². The highest BCUT2D eigenvalue weighted by Gasteiger charge is 2.06. The lowest BCUT2D eigenvalue weighted by molar-refractivity contribution is 0.151. The van der Waals surface area contributed by atoms with Gasteiger partial charge in [-0.15, -0.1) is 11.3 Å². The van der Waals surface area contributed by atoms with Gasteiger partial charge in [-0.3, -0.25) is 0 Å². The molecule has 2 rings (SSSR count). The third-order valence-electron chi connectivity index (χ3n) is 2.33. The van der Waals surface area contributed by atoms with E-state index >= 15 is 0 Å². The number of fused-ring (bicyclic) bond motifs is 1. The Labute approximate surface area is 104 Å². The molecule has 17 heavy (non-hydrogen) atoms. The van der Waals surface area contributed by atoms with Crippen molar-refractivity contribution in [3.05, 3.63) is 17.3 Å². The fraction of sp³-hybridized carbons (Fsp3) is 0.455. The quantitative estimate of drug-likeness (QED) is 0.760. The predicted octanol–water partition coefficient (Wildman–Crippen LogP) is 1.39. The zero-order valence-electron chi connectivity index (χ0n) is 9.77. The molecule has 0 unspecified atom stereocenters. The van der Waals surface area contributed by atoms with Crippen LogP contribution in [0.2, 0.25) is 0 Å². The fourth-order valence-corrected chi connectivity index (χ4v) is 2.49. The molecule has 0 saturated heterocycles. The van der Waals surface area contributed by atoms with Gasteiger partial charge in [0.1, 0.15) is 12.1 Å². The fourth-order valence-electron chi connectivity index (χ4n) is 1.52. The summed E-state index contributed by atoms with van der Waals surface area (Å²) in [5.41, 5.74) is 7.55. The average molecular weight is 252 g/mol. The van der Waals surface area contributed by atoms with Crippen LogP contribution in [-0.4, -0.2) is 36.3 Å². The minimum atomic E-state index is 0.557. The van der Waals surface area contributed by atoms with Crippen LogP contribution in [0.1, 0.15) is 5.56 Å². The number of ether oxygens (including phenoxy) is 1. The van der Waals surface area contributed by atoms with Gasteiger partial charge in [0.05, 0.1) is 23.4 Å². The van der Waals surface area contributed by atoms with Gasteiger partial charge in [-0.05, 0) is 17.9 Å². The third-order valence-corrected chi connectivity index (χ3v) is 3.43. The first-order chi connectivity index (χ1) is 8.33. The van der Waals surface area contributed by atoms with Gasteiger partial charge in [0.15, 0.2) is 0 Å². The average Bonchev–Trinajstić information content (AvgIpc) is 2.72. The Balaban J connectivity index is 1.99. The second-order valence-corrected chi connectivity index (χ2v) is 4.53. The number of thiophene rings is 1. The first-order valence-corrected chi connectivity index (χ1v) is 6.41. The van der Waals surface area contributed by atoms with Crippen LogP contribution in [0.15, 0.2) is 11.7 Å². The van der Waals surface area contributed by atoms with Gasteiger partial charge in [-0.2, -0.15) is 0 Å². The highest BCUT2D eigenvalue weighted by atomic mass is 32.1. The van der Waals surface area contributed by atoms with Gasteiger partial charge in [0, 0.05) is 13.1 Å². The molecular formula is C11H16N4OS. The number of anilines is 1. The molecule has 0 radical (unpaired) electrons. The molecule has 5 nitrogen and oxygen atoms in total. The number of hydrogen-bond donors (Lipinski definition) is 2. The van der Waals surface area contributed by atoms with E-state index in [9.17, 15) is 0 Å². The summed E-state index contributed by atoms with van der Waals surface area (Å²) in [7, 11) is 0. The van der Waals surface area contributed by atoms with Crippen molar-refractivity contribution in [2.75, 3.05) is 31.6 Å².